The Morgan fingerprint density at radius 2 is 0.889 bits per heavy atom. The summed E-state index contributed by atoms with van der Waals surface area (Å²) in [5.41, 5.74) is 11.9. The fourth-order valence-electron chi connectivity index (χ4n) is 2.10. The standard InChI is InChI=1S/C12H33N7.C7H7Cl/c13-1-3-15-5-7-17-9-11-19-12-10-18-8-6-16-4-2-14;8-6-7-4-2-1-3-5-7/h15-19H,1-14H2;1-5H,6H2. The third kappa shape index (κ3) is 21.4. The van der Waals surface area contributed by atoms with Crippen molar-refractivity contribution < 1.29 is 0 Å². The summed E-state index contributed by atoms with van der Waals surface area (Å²) in [4.78, 5) is 0. The minimum absolute atomic E-state index is 0.612. The van der Waals surface area contributed by atoms with Crippen molar-refractivity contribution in [2.75, 3.05) is 78.5 Å². The lowest BCUT2D eigenvalue weighted by atomic mass is 10.2. The van der Waals surface area contributed by atoms with Crippen molar-refractivity contribution in [1.29, 1.82) is 0 Å². The van der Waals surface area contributed by atoms with E-state index in [0.29, 0.717) is 19.0 Å². The van der Waals surface area contributed by atoms with Crippen LogP contribution in [0.15, 0.2) is 30.3 Å². The van der Waals surface area contributed by atoms with E-state index in [4.69, 9.17) is 23.1 Å². The molecule has 0 radical (unpaired) electrons. The first-order valence-corrected chi connectivity index (χ1v) is 10.4. The monoisotopic (exact) mass is 401 g/mol. The molecule has 0 bridgehead atoms. The van der Waals surface area contributed by atoms with Gasteiger partial charge in [0.1, 0.15) is 0 Å². The zero-order valence-electron chi connectivity index (χ0n) is 16.6. The van der Waals surface area contributed by atoms with Crippen LogP contribution in [0.5, 0.6) is 0 Å². The SMILES string of the molecule is ClCc1ccccc1.NCCNCCNCCNCCNCCNCCN. The molecule has 0 aliphatic heterocycles. The van der Waals surface area contributed by atoms with E-state index in [1.165, 1.54) is 5.56 Å². The maximum absolute atomic E-state index is 5.53. The number of hydrogen-bond acceptors (Lipinski definition) is 7. The van der Waals surface area contributed by atoms with Crippen molar-refractivity contribution in [3.05, 3.63) is 35.9 Å². The van der Waals surface area contributed by atoms with Gasteiger partial charge in [0, 0.05) is 84.4 Å². The van der Waals surface area contributed by atoms with Crippen molar-refractivity contribution in [2.24, 2.45) is 11.5 Å². The lowest BCUT2D eigenvalue weighted by Crippen LogP contribution is -2.37. The number of halogens is 1. The summed E-state index contributed by atoms with van der Waals surface area (Å²) in [6, 6.07) is 9.96. The van der Waals surface area contributed by atoms with Gasteiger partial charge in [0.15, 0.2) is 0 Å². The topological polar surface area (TPSA) is 112 Å². The lowest BCUT2D eigenvalue weighted by molar-refractivity contribution is 0.559. The van der Waals surface area contributed by atoms with Crippen LogP contribution in [0.4, 0.5) is 0 Å². The molecule has 0 aromatic heterocycles. The van der Waals surface area contributed by atoms with Crippen molar-refractivity contribution in [3.63, 3.8) is 0 Å². The molecule has 8 heteroatoms. The van der Waals surface area contributed by atoms with Crippen LogP contribution >= 0.6 is 11.6 Å². The number of alkyl halides is 1. The molecule has 9 N–H and O–H groups in total. The summed E-state index contributed by atoms with van der Waals surface area (Å²) in [5.74, 6) is 0.612. The van der Waals surface area contributed by atoms with Crippen LogP contribution in [-0.4, -0.2) is 78.5 Å². The van der Waals surface area contributed by atoms with E-state index in [1.807, 2.05) is 30.3 Å². The van der Waals surface area contributed by atoms with Gasteiger partial charge in [-0.1, -0.05) is 30.3 Å². The second kappa shape index (κ2) is 23.3. The Kier molecular flexibility index (Phi) is 22.6. The fourth-order valence-corrected chi connectivity index (χ4v) is 2.28. The van der Waals surface area contributed by atoms with Gasteiger partial charge in [-0.2, -0.15) is 0 Å². The smallest absolute Gasteiger partial charge is 0.0474 e. The molecule has 0 saturated carbocycles. The quantitative estimate of drug-likeness (QED) is 0.136. The van der Waals surface area contributed by atoms with E-state index in [2.05, 4.69) is 26.6 Å². The molecular weight excluding hydrogens is 362 g/mol. The largest absolute Gasteiger partial charge is 0.329 e. The molecule has 1 aromatic rings. The van der Waals surface area contributed by atoms with Crippen LogP contribution in [0.1, 0.15) is 5.56 Å². The average Bonchev–Trinajstić information content (AvgIpc) is 2.72. The van der Waals surface area contributed by atoms with Crippen LogP contribution in [0.2, 0.25) is 0 Å². The number of hydrogen-bond donors (Lipinski definition) is 7. The molecule has 158 valence electrons. The molecule has 1 rings (SSSR count). The Morgan fingerprint density at radius 1 is 0.556 bits per heavy atom. The minimum Gasteiger partial charge on any atom is -0.329 e. The summed E-state index contributed by atoms with van der Waals surface area (Å²) >= 11 is 5.53. The molecule has 7 nitrogen and oxygen atoms in total. The Labute approximate surface area is 170 Å². The molecule has 0 aliphatic rings. The maximum Gasteiger partial charge on any atom is 0.0474 e. The molecule has 1 aromatic carbocycles. The molecule has 0 fully saturated rings. The second-order valence-corrected chi connectivity index (χ2v) is 6.21. The highest BCUT2D eigenvalue weighted by atomic mass is 35.5. The number of benzene rings is 1. The van der Waals surface area contributed by atoms with Gasteiger partial charge >= 0.3 is 0 Å². The first-order valence-electron chi connectivity index (χ1n) is 9.88. The summed E-state index contributed by atoms with van der Waals surface area (Å²) in [6.45, 7) is 11.2. The average molecular weight is 402 g/mol. The third-order valence-electron chi connectivity index (χ3n) is 3.55. The minimum atomic E-state index is 0.612. The normalized spacial score (nSPS) is 10.5. The molecular formula is C19H40ClN7. The van der Waals surface area contributed by atoms with E-state index in [9.17, 15) is 0 Å². The fraction of sp³-hybridized carbons (Fsp3) is 0.684. The summed E-state index contributed by atoms with van der Waals surface area (Å²) in [7, 11) is 0. The van der Waals surface area contributed by atoms with Gasteiger partial charge in [0.2, 0.25) is 0 Å². The maximum atomic E-state index is 5.53. The highest BCUT2D eigenvalue weighted by molar-refractivity contribution is 6.17. The molecule has 27 heavy (non-hydrogen) atoms. The first kappa shape index (κ1) is 26.2. The van der Waals surface area contributed by atoms with E-state index in [-0.39, 0.29) is 0 Å². The molecule has 0 spiro atoms. The first-order chi connectivity index (χ1) is 13.3. The summed E-state index contributed by atoms with van der Waals surface area (Å²) < 4.78 is 0. The van der Waals surface area contributed by atoms with Crippen LogP contribution in [0.3, 0.4) is 0 Å². The van der Waals surface area contributed by atoms with Gasteiger partial charge in [-0.15, -0.1) is 11.6 Å². The lowest BCUT2D eigenvalue weighted by Gasteiger charge is -2.08. The number of nitrogens with one attached hydrogen (secondary N) is 5. The van der Waals surface area contributed by atoms with Gasteiger partial charge in [-0.3, -0.25) is 0 Å². The Balaban J connectivity index is 0.000000694. The predicted octanol–water partition coefficient (Wildman–Crippen LogP) is -0.723. The van der Waals surface area contributed by atoms with Crippen molar-refractivity contribution in [1.82, 2.24) is 26.6 Å². The van der Waals surface area contributed by atoms with Crippen molar-refractivity contribution in [2.45, 2.75) is 5.88 Å². The summed E-state index contributed by atoms with van der Waals surface area (Å²) in [5, 5.41) is 16.6. The highest BCUT2D eigenvalue weighted by Gasteiger charge is 1.90. The van der Waals surface area contributed by atoms with E-state index < -0.39 is 0 Å². The molecule has 0 heterocycles. The zero-order valence-corrected chi connectivity index (χ0v) is 17.4. The molecule has 0 unspecified atom stereocenters. The Hall–Kier alpha value is -0.770. The Bertz CT molecular complexity index is 366. The van der Waals surface area contributed by atoms with E-state index >= 15 is 0 Å². The van der Waals surface area contributed by atoms with Gasteiger partial charge < -0.3 is 38.1 Å². The van der Waals surface area contributed by atoms with Gasteiger partial charge in [0.05, 0.1) is 0 Å². The van der Waals surface area contributed by atoms with Crippen LogP contribution in [0.25, 0.3) is 0 Å². The molecule has 0 saturated heterocycles. The second-order valence-electron chi connectivity index (χ2n) is 5.95. The third-order valence-corrected chi connectivity index (χ3v) is 3.86. The number of rotatable bonds is 17. The molecule has 0 atom stereocenters. The van der Waals surface area contributed by atoms with E-state index in [1.54, 1.807) is 0 Å². The van der Waals surface area contributed by atoms with Crippen molar-refractivity contribution >= 4 is 11.6 Å². The predicted molar refractivity (Wildman–Crippen MR) is 118 cm³/mol. The van der Waals surface area contributed by atoms with E-state index in [0.717, 1.165) is 65.4 Å². The van der Waals surface area contributed by atoms with Gasteiger partial charge in [-0.25, -0.2) is 0 Å². The van der Waals surface area contributed by atoms with Crippen LogP contribution in [0, 0.1) is 0 Å². The summed E-state index contributed by atoms with van der Waals surface area (Å²) in [6.07, 6.45) is 0. The van der Waals surface area contributed by atoms with Gasteiger partial charge in [0.25, 0.3) is 0 Å². The highest BCUT2D eigenvalue weighted by Crippen LogP contribution is 2.00. The molecule has 0 aliphatic carbocycles. The van der Waals surface area contributed by atoms with Crippen molar-refractivity contribution in [3.8, 4) is 0 Å². The van der Waals surface area contributed by atoms with Crippen LogP contribution in [-0.2, 0) is 5.88 Å². The van der Waals surface area contributed by atoms with Gasteiger partial charge in [-0.05, 0) is 5.56 Å². The molecule has 0 amide bonds. The number of nitrogens with two attached hydrogens (primary N) is 2. The Morgan fingerprint density at radius 3 is 1.15 bits per heavy atom. The van der Waals surface area contributed by atoms with Crippen LogP contribution < -0.4 is 38.1 Å². The zero-order chi connectivity index (χ0) is 19.8.